The number of nitrogens with zero attached hydrogens (tertiary/aromatic N) is 2. The monoisotopic (exact) mass is 395 g/mol. The molecule has 0 amide bonds. The Hall–Kier alpha value is -2.11. The van der Waals surface area contributed by atoms with E-state index in [1.54, 1.807) is 0 Å². The van der Waals surface area contributed by atoms with Crippen LogP contribution in [-0.2, 0) is 11.2 Å². The molecule has 2 aliphatic rings. The molecule has 5 heteroatoms. The maximum Gasteiger partial charge on any atom is 0.171 e. The van der Waals surface area contributed by atoms with Gasteiger partial charge in [-0.3, -0.25) is 0 Å². The average Bonchev–Trinajstić information content (AvgIpc) is 2.78. The fourth-order valence-electron chi connectivity index (χ4n) is 4.61. The fourth-order valence-corrected chi connectivity index (χ4v) is 4.61. The maximum absolute atomic E-state index is 6.13. The minimum absolute atomic E-state index is 0.213. The predicted molar refractivity (Wildman–Crippen MR) is 117 cm³/mol. The van der Waals surface area contributed by atoms with Gasteiger partial charge in [0.2, 0.25) is 0 Å². The molecule has 0 spiro atoms. The summed E-state index contributed by atoms with van der Waals surface area (Å²) in [5.74, 6) is 1.89. The van der Waals surface area contributed by atoms with Gasteiger partial charge in [-0.25, -0.2) is 4.98 Å². The molecule has 0 aliphatic carbocycles. The van der Waals surface area contributed by atoms with Crippen LogP contribution in [0.25, 0.3) is 0 Å². The zero-order chi connectivity index (χ0) is 19.9. The molecule has 3 heterocycles. The first-order chi connectivity index (χ1) is 14.4. The Morgan fingerprint density at radius 3 is 2.90 bits per heavy atom. The average molecular weight is 396 g/mol. The van der Waals surface area contributed by atoms with Gasteiger partial charge in [-0.15, -0.1) is 0 Å². The van der Waals surface area contributed by atoms with Crippen LogP contribution in [0, 0.1) is 0 Å². The maximum atomic E-state index is 6.13. The lowest BCUT2D eigenvalue weighted by Gasteiger charge is -2.36. The number of hydrogen-bond donors (Lipinski definition) is 1. The van der Waals surface area contributed by atoms with E-state index in [2.05, 4.69) is 34.5 Å². The van der Waals surface area contributed by atoms with Crippen LogP contribution in [-0.4, -0.2) is 43.9 Å². The summed E-state index contributed by atoms with van der Waals surface area (Å²) in [6.07, 6.45) is 7.52. The van der Waals surface area contributed by atoms with Crippen molar-refractivity contribution >= 4 is 5.82 Å². The van der Waals surface area contributed by atoms with Gasteiger partial charge in [0.15, 0.2) is 11.6 Å². The molecule has 2 aromatic rings. The SMILES string of the molecule is CCOc1cccnc1N(CCCC1OCCc2ccccc21)C1CCNCC1. The van der Waals surface area contributed by atoms with Crippen molar-refractivity contribution in [3.8, 4) is 5.75 Å². The van der Waals surface area contributed by atoms with E-state index in [0.29, 0.717) is 12.6 Å². The molecule has 1 aromatic heterocycles. The normalized spacial score (nSPS) is 19.6. The number of benzene rings is 1. The van der Waals surface area contributed by atoms with Crippen molar-refractivity contribution in [3.63, 3.8) is 0 Å². The highest BCUT2D eigenvalue weighted by atomic mass is 16.5. The summed E-state index contributed by atoms with van der Waals surface area (Å²) in [6, 6.07) is 13.2. The lowest BCUT2D eigenvalue weighted by atomic mass is 9.94. The zero-order valence-corrected chi connectivity index (χ0v) is 17.5. The zero-order valence-electron chi connectivity index (χ0n) is 17.5. The number of aromatic nitrogens is 1. The molecule has 5 nitrogen and oxygen atoms in total. The number of anilines is 1. The van der Waals surface area contributed by atoms with E-state index in [1.807, 2.05) is 25.3 Å². The standard InChI is InChI=1S/C24H33N3O2/c1-2-28-23-9-5-14-26-24(23)27(20-11-15-25-16-12-20)17-6-10-22-21-8-4-3-7-19(21)13-18-29-22/h3-5,7-9,14,20,22,25H,2,6,10-13,15-18H2,1H3. The van der Waals surface area contributed by atoms with E-state index >= 15 is 0 Å². The van der Waals surface area contributed by atoms with Crippen LogP contribution in [0.1, 0.15) is 49.8 Å². The molecule has 1 saturated heterocycles. The van der Waals surface area contributed by atoms with Crippen LogP contribution >= 0.6 is 0 Å². The third kappa shape index (κ3) is 4.90. The highest BCUT2D eigenvalue weighted by molar-refractivity contribution is 5.53. The Morgan fingerprint density at radius 2 is 2.03 bits per heavy atom. The number of rotatable bonds is 8. The van der Waals surface area contributed by atoms with Gasteiger partial charge in [0, 0.05) is 18.8 Å². The van der Waals surface area contributed by atoms with Gasteiger partial charge in [-0.1, -0.05) is 24.3 Å². The summed E-state index contributed by atoms with van der Waals surface area (Å²) in [6.45, 7) is 6.63. The predicted octanol–water partition coefficient (Wildman–Crippen LogP) is 4.13. The molecule has 1 aromatic carbocycles. The number of ether oxygens (including phenoxy) is 2. The van der Waals surface area contributed by atoms with Crippen molar-refractivity contribution in [2.24, 2.45) is 0 Å². The van der Waals surface area contributed by atoms with E-state index in [0.717, 1.165) is 69.9 Å². The van der Waals surface area contributed by atoms with Crippen LogP contribution in [0.15, 0.2) is 42.6 Å². The van der Waals surface area contributed by atoms with E-state index in [4.69, 9.17) is 14.5 Å². The Morgan fingerprint density at radius 1 is 1.17 bits per heavy atom. The Kier molecular flexibility index (Phi) is 7.01. The summed E-state index contributed by atoms with van der Waals surface area (Å²) >= 11 is 0. The van der Waals surface area contributed by atoms with Crippen molar-refractivity contribution in [2.75, 3.05) is 37.7 Å². The molecular formula is C24H33N3O2. The summed E-state index contributed by atoms with van der Waals surface area (Å²) in [7, 11) is 0. The quantitative estimate of drug-likeness (QED) is 0.728. The van der Waals surface area contributed by atoms with Crippen molar-refractivity contribution in [1.82, 2.24) is 10.3 Å². The molecule has 1 N–H and O–H groups in total. The Bertz CT molecular complexity index is 776. The number of hydrogen-bond acceptors (Lipinski definition) is 5. The Labute approximate surface area is 174 Å². The van der Waals surface area contributed by atoms with Gasteiger partial charge in [-0.2, -0.15) is 0 Å². The van der Waals surface area contributed by atoms with Crippen LogP contribution in [0.5, 0.6) is 5.75 Å². The first-order valence-electron chi connectivity index (χ1n) is 11.1. The lowest BCUT2D eigenvalue weighted by Crippen LogP contribution is -2.44. The van der Waals surface area contributed by atoms with Crippen LogP contribution < -0.4 is 15.0 Å². The molecule has 0 saturated carbocycles. The highest BCUT2D eigenvalue weighted by Crippen LogP contribution is 2.33. The molecule has 2 aliphatic heterocycles. The van der Waals surface area contributed by atoms with Gasteiger partial charge in [-0.05, 0) is 75.4 Å². The number of nitrogens with one attached hydrogen (secondary N) is 1. The topological polar surface area (TPSA) is 46.6 Å². The molecule has 1 fully saturated rings. The molecular weight excluding hydrogens is 362 g/mol. The van der Waals surface area contributed by atoms with E-state index in [1.165, 1.54) is 11.1 Å². The second-order valence-corrected chi connectivity index (χ2v) is 7.88. The van der Waals surface area contributed by atoms with Crippen LogP contribution in [0.4, 0.5) is 5.82 Å². The van der Waals surface area contributed by atoms with Crippen molar-refractivity contribution < 1.29 is 9.47 Å². The number of piperidine rings is 1. The highest BCUT2D eigenvalue weighted by Gasteiger charge is 2.26. The largest absolute Gasteiger partial charge is 0.490 e. The molecule has 0 radical (unpaired) electrons. The molecule has 156 valence electrons. The Balaban J connectivity index is 1.47. The number of pyridine rings is 1. The molecule has 0 bridgehead atoms. The first-order valence-corrected chi connectivity index (χ1v) is 11.1. The van der Waals surface area contributed by atoms with Gasteiger partial charge in [0.25, 0.3) is 0 Å². The fraction of sp³-hybridized carbons (Fsp3) is 0.542. The van der Waals surface area contributed by atoms with Gasteiger partial charge in [0.1, 0.15) is 0 Å². The molecule has 1 unspecified atom stereocenters. The second-order valence-electron chi connectivity index (χ2n) is 7.88. The van der Waals surface area contributed by atoms with Crippen LogP contribution in [0.2, 0.25) is 0 Å². The second kappa shape index (κ2) is 10.1. The summed E-state index contributed by atoms with van der Waals surface area (Å²) < 4.78 is 12.0. The summed E-state index contributed by atoms with van der Waals surface area (Å²) in [5, 5.41) is 3.48. The van der Waals surface area contributed by atoms with Gasteiger partial charge >= 0.3 is 0 Å². The van der Waals surface area contributed by atoms with Crippen molar-refractivity contribution in [3.05, 3.63) is 53.7 Å². The van der Waals surface area contributed by atoms with Gasteiger partial charge < -0.3 is 19.7 Å². The lowest BCUT2D eigenvalue weighted by molar-refractivity contribution is 0.0355. The smallest absolute Gasteiger partial charge is 0.171 e. The summed E-state index contributed by atoms with van der Waals surface area (Å²) in [4.78, 5) is 7.21. The molecule has 4 rings (SSSR count). The third-order valence-electron chi connectivity index (χ3n) is 6.03. The minimum atomic E-state index is 0.213. The van der Waals surface area contributed by atoms with E-state index < -0.39 is 0 Å². The summed E-state index contributed by atoms with van der Waals surface area (Å²) in [5.41, 5.74) is 2.82. The molecule has 1 atom stereocenters. The minimum Gasteiger partial charge on any atom is -0.490 e. The number of fused-ring (bicyclic) bond motifs is 1. The van der Waals surface area contributed by atoms with Crippen LogP contribution in [0.3, 0.4) is 0 Å². The third-order valence-corrected chi connectivity index (χ3v) is 6.03. The molecule has 29 heavy (non-hydrogen) atoms. The van der Waals surface area contributed by atoms with E-state index in [9.17, 15) is 0 Å². The van der Waals surface area contributed by atoms with Crippen molar-refractivity contribution in [1.29, 1.82) is 0 Å². The van der Waals surface area contributed by atoms with Crippen molar-refractivity contribution in [2.45, 2.75) is 51.2 Å². The van der Waals surface area contributed by atoms with E-state index in [-0.39, 0.29) is 6.10 Å². The van der Waals surface area contributed by atoms with Gasteiger partial charge in [0.05, 0.1) is 19.3 Å². The first kappa shape index (κ1) is 20.2.